The van der Waals surface area contributed by atoms with E-state index in [0.717, 1.165) is 17.6 Å². The van der Waals surface area contributed by atoms with E-state index in [1.165, 1.54) is 0 Å². The Kier molecular flexibility index (Phi) is 5.80. The highest BCUT2D eigenvalue weighted by molar-refractivity contribution is 7.92. The molecule has 1 amide bonds. The summed E-state index contributed by atoms with van der Waals surface area (Å²) < 4.78 is 24.9. The smallest absolute Gasteiger partial charge is 0.229 e. The first-order chi connectivity index (χ1) is 13.3. The van der Waals surface area contributed by atoms with Gasteiger partial charge in [0, 0.05) is 31.9 Å². The van der Waals surface area contributed by atoms with Crippen LogP contribution in [0.4, 0.5) is 11.5 Å². The Labute approximate surface area is 164 Å². The van der Waals surface area contributed by atoms with Crippen molar-refractivity contribution < 1.29 is 13.2 Å². The Bertz CT molecular complexity index is 974. The summed E-state index contributed by atoms with van der Waals surface area (Å²) in [5.74, 6) is 3.23. The monoisotopic (exact) mass is 399 g/mol. The number of nitrogens with zero attached hydrogens (tertiary/aromatic N) is 4. The highest BCUT2D eigenvalue weighted by atomic mass is 32.2. The molecule has 2 aromatic rings. The molecule has 28 heavy (non-hydrogen) atoms. The maximum atomic E-state index is 12.6. The first-order valence-electron chi connectivity index (χ1n) is 8.74. The lowest BCUT2D eigenvalue weighted by Crippen LogP contribution is -2.49. The second-order valence-corrected chi connectivity index (χ2v) is 8.29. The van der Waals surface area contributed by atoms with Crippen LogP contribution < -0.4 is 9.62 Å². The highest BCUT2D eigenvalue weighted by Crippen LogP contribution is 2.15. The molecule has 9 heteroatoms. The van der Waals surface area contributed by atoms with Gasteiger partial charge >= 0.3 is 0 Å². The predicted molar refractivity (Wildman–Crippen MR) is 107 cm³/mol. The fourth-order valence-electron chi connectivity index (χ4n) is 2.95. The Hall–Kier alpha value is -3.12. The molecule has 1 N–H and O–H groups in total. The number of rotatable bonds is 5. The van der Waals surface area contributed by atoms with E-state index in [2.05, 4.69) is 25.7 Å². The second-order valence-electron chi connectivity index (χ2n) is 6.54. The summed E-state index contributed by atoms with van der Waals surface area (Å²) in [5, 5.41) is 8.09. The van der Waals surface area contributed by atoms with Crippen LogP contribution in [0.2, 0.25) is 0 Å². The molecule has 1 saturated heterocycles. The molecule has 0 saturated carbocycles. The average molecular weight is 399 g/mol. The van der Waals surface area contributed by atoms with E-state index in [0.29, 0.717) is 37.6 Å². The largest absolute Gasteiger partial charge is 0.352 e. The first kappa shape index (κ1) is 19.6. The zero-order chi connectivity index (χ0) is 20.1. The van der Waals surface area contributed by atoms with Crippen molar-refractivity contribution >= 4 is 27.4 Å². The molecule has 1 aromatic heterocycles. The third-order valence-electron chi connectivity index (χ3n) is 4.37. The summed E-state index contributed by atoms with van der Waals surface area (Å²) in [7, 11) is -3.31. The number of amides is 1. The molecule has 0 atom stereocenters. The molecule has 8 nitrogen and oxygen atoms in total. The average Bonchev–Trinajstić information content (AvgIpc) is 2.68. The molecule has 0 aliphatic carbocycles. The minimum Gasteiger partial charge on any atom is -0.352 e. The Morgan fingerprint density at radius 2 is 1.79 bits per heavy atom. The molecule has 3 rings (SSSR count). The predicted octanol–water partition coefficient (Wildman–Crippen LogP) is 0.721. The Morgan fingerprint density at radius 1 is 1.11 bits per heavy atom. The minimum absolute atomic E-state index is 0.0391. The third kappa shape index (κ3) is 5.20. The summed E-state index contributed by atoms with van der Waals surface area (Å²) in [6, 6.07) is 10.4. The summed E-state index contributed by atoms with van der Waals surface area (Å²) in [4.78, 5) is 16.4. The molecule has 0 unspecified atom stereocenters. The lowest BCUT2D eigenvalue weighted by atomic mass is 10.1. The van der Waals surface area contributed by atoms with Gasteiger partial charge in [-0.05, 0) is 35.7 Å². The number of hydrogen-bond donors (Lipinski definition) is 1. The van der Waals surface area contributed by atoms with E-state index in [1.807, 2.05) is 11.0 Å². The van der Waals surface area contributed by atoms with Crippen LogP contribution in [-0.2, 0) is 21.2 Å². The minimum atomic E-state index is -3.31. The van der Waals surface area contributed by atoms with Gasteiger partial charge in [0.05, 0.1) is 12.7 Å². The quantitative estimate of drug-likeness (QED) is 0.745. The molecule has 0 radical (unpaired) electrons. The van der Waals surface area contributed by atoms with Crippen LogP contribution in [0.25, 0.3) is 0 Å². The van der Waals surface area contributed by atoms with Gasteiger partial charge in [-0.25, -0.2) is 8.42 Å². The topological polar surface area (TPSA) is 95.5 Å². The molecule has 1 aliphatic heterocycles. The van der Waals surface area contributed by atoms with Crippen molar-refractivity contribution in [2.45, 2.75) is 6.42 Å². The molecular formula is C19H21N5O3S. The fourth-order valence-corrected chi connectivity index (χ4v) is 3.51. The molecule has 2 heterocycles. The third-order valence-corrected chi connectivity index (χ3v) is 4.97. The first-order valence-corrected chi connectivity index (χ1v) is 10.6. The van der Waals surface area contributed by atoms with Gasteiger partial charge < -0.3 is 9.80 Å². The van der Waals surface area contributed by atoms with Crippen molar-refractivity contribution in [3.05, 3.63) is 47.7 Å². The number of carbonyl (C=O) groups is 1. The van der Waals surface area contributed by atoms with Crippen LogP contribution in [0.1, 0.15) is 11.3 Å². The Balaban J connectivity index is 1.53. The lowest BCUT2D eigenvalue weighted by Gasteiger charge is -2.35. The number of terminal acetylenes is 1. The van der Waals surface area contributed by atoms with Gasteiger partial charge in [0.15, 0.2) is 5.82 Å². The van der Waals surface area contributed by atoms with Crippen molar-refractivity contribution in [2.24, 2.45) is 0 Å². The second kappa shape index (κ2) is 8.27. The van der Waals surface area contributed by atoms with Gasteiger partial charge in [-0.1, -0.05) is 12.1 Å². The number of hydrogen-bond acceptors (Lipinski definition) is 6. The van der Waals surface area contributed by atoms with E-state index in [9.17, 15) is 13.2 Å². The number of benzene rings is 1. The van der Waals surface area contributed by atoms with Crippen LogP contribution >= 0.6 is 0 Å². The van der Waals surface area contributed by atoms with Crippen molar-refractivity contribution in [3.8, 4) is 12.3 Å². The van der Waals surface area contributed by atoms with Gasteiger partial charge in [0.1, 0.15) is 5.69 Å². The van der Waals surface area contributed by atoms with Gasteiger partial charge in [-0.2, -0.15) is 0 Å². The summed E-state index contributed by atoms with van der Waals surface area (Å²) in [6.45, 7) is 2.55. The molecular weight excluding hydrogens is 378 g/mol. The van der Waals surface area contributed by atoms with Crippen LogP contribution in [0.15, 0.2) is 36.4 Å². The van der Waals surface area contributed by atoms with Crippen LogP contribution in [-0.4, -0.2) is 61.9 Å². The normalized spacial score (nSPS) is 14.4. The molecule has 1 fully saturated rings. The van der Waals surface area contributed by atoms with Gasteiger partial charge in [-0.3, -0.25) is 9.52 Å². The van der Waals surface area contributed by atoms with Crippen LogP contribution in [0, 0.1) is 12.3 Å². The number of piperazine rings is 1. The summed E-state index contributed by atoms with van der Waals surface area (Å²) in [6.07, 6.45) is 6.66. The fraction of sp³-hybridized carbons (Fsp3) is 0.316. The van der Waals surface area contributed by atoms with Crippen molar-refractivity contribution in [2.75, 3.05) is 42.1 Å². The summed E-state index contributed by atoms with van der Waals surface area (Å²) >= 11 is 0. The van der Waals surface area contributed by atoms with E-state index >= 15 is 0 Å². The van der Waals surface area contributed by atoms with Gasteiger partial charge in [-0.15, -0.1) is 16.6 Å². The van der Waals surface area contributed by atoms with Crippen molar-refractivity contribution in [1.82, 2.24) is 15.1 Å². The van der Waals surface area contributed by atoms with E-state index in [1.54, 1.807) is 30.3 Å². The van der Waals surface area contributed by atoms with E-state index in [4.69, 9.17) is 6.42 Å². The number of anilines is 2. The molecule has 146 valence electrons. The summed E-state index contributed by atoms with van der Waals surface area (Å²) in [5.41, 5.74) is 1.81. The van der Waals surface area contributed by atoms with E-state index in [-0.39, 0.29) is 12.3 Å². The van der Waals surface area contributed by atoms with Crippen molar-refractivity contribution in [1.29, 1.82) is 0 Å². The van der Waals surface area contributed by atoms with Crippen LogP contribution in [0.3, 0.4) is 0 Å². The number of carbonyl (C=O) groups excluding carboxylic acids is 1. The SMILES string of the molecule is C#Cc1ccc(N2CCN(C(=O)Cc3ccc(NS(C)(=O)=O)cc3)CC2)nn1. The van der Waals surface area contributed by atoms with Crippen molar-refractivity contribution in [3.63, 3.8) is 0 Å². The molecule has 1 aliphatic rings. The lowest BCUT2D eigenvalue weighted by molar-refractivity contribution is -0.130. The maximum Gasteiger partial charge on any atom is 0.229 e. The standard InChI is InChI=1S/C19H21N5O3S/c1-3-16-8-9-18(21-20-16)23-10-12-24(13-11-23)19(25)14-15-4-6-17(7-5-15)22-28(2,26)27/h1,4-9,22H,10-14H2,2H3. The molecule has 0 bridgehead atoms. The zero-order valence-corrected chi connectivity index (χ0v) is 16.3. The van der Waals surface area contributed by atoms with Gasteiger partial charge in [0.25, 0.3) is 0 Å². The zero-order valence-electron chi connectivity index (χ0n) is 15.5. The van der Waals surface area contributed by atoms with Crippen LogP contribution in [0.5, 0.6) is 0 Å². The number of nitrogens with one attached hydrogen (secondary N) is 1. The number of aromatic nitrogens is 2. The molecule has 1 aromatic carbocycles. The molecule has 0 spiro atoms. The Morgan fingerprint density at radius 3 is 2.32 bits per heavy atom. The maximum absolute atomic E-state index is 12.6. The number of sulfonamides is 1. The van der Waals surface area contributed by atoms with E-state index < -0.39 is 10.0 Å². The van der Waals surface area contributed by atoms with Gasteiger partial charge in [0.2, 0.25) is 15.9 Å². The highest BCUT2D eigenvalue weighted by Gasteiger charge is 2.22.